The highest BCUT2D eigenvalue weighted by molar-refractivity contribution is 5.85. The summed E-state index contributed by atoms with van der Waals surface area (Å²) in [6.07, 6.45) is 3.91. The zero-order chi connectivity index (χ0) is 10.5. The van der Waals surface area contributed by atoms with Gasteiger partial charge in [-0.05, 0) is 37.4 Å². The Morgan fingerprint density at radius 3 is 3.12 bits per heavy atom. The van der Waals surface area contributed by atoms with Crippen LogP contribution in [0.5, 0.6) is 0 Å². The molecular weight excluding hydrogens is 196 g/mol. The summed E-state index contributed by atoms with van der Waals surface area (Å²) in [4.78, 5) is 6.28. The summed E-state index contributed by atoms with van der Waals surface area (Å²) in [6, 6.07) is 9.41. The fourth-order valence-corrected chi connectivity index (χ4v) is 3.45. The quantitative estimate of drug-likeness (QED) is 0.711. The molecule has 0 spiro atoms. The average Bonchev–Trinajstić information content (AvgIpc) is 2.92. The summed E-state index contributed by atoms with van der Waals surface area (Å²) in [6.45, 7) is 2.54. The molecule has 1 aromatic carbocycles. The number of rotatable bonds is 0. The van der Waals surface area contributed by atoms with Crippen LogP contribution in [0.25, 0.3) is 10.9 Å². The van der Waals surface area contributed by atoms with Crippen molar-refractivity contribution in [3.63, 3.8) is 0 Å². The second-order valence-electron chi connectivity index (χ2n) is 5.01. The molecule has 0 amide bonds. The highest BCUT2D eigenvalue weighted by atomic mass is 15.2. The molecule has 0 radical (unpaired) electrons. The second-order valence-corrected chi connectivity index (χ2v) is 5.01. The van der Waals surface area contributed by atoms with Gasteiger partial charge in [-0.2, -0.15) is 0 Å². The molecule has 2 aliphatic heterocycles. The van der Waals surface area contributed by atoms with Crippen LogP contribution >= 0.6 is 0 Å². The van der Waals surface area contributed by atoms with Gasteiger partial charge in [0.15, 0.2) is 0 Å². The molecule has 0 bridgehead atoms. The summed E-state index contributed by atoms with van der Waals surface area (Å²) >= 11 is 0. The predicted octanol–water partition coefficient (Wildman–Crippen LogP) is 2.86. The number of hydrogen-bond donors (Lipinski definition) is 1. The Hall–Kier alpha value is -1.28. The van der Waals surface area contributed by atoms with E-state index in [2.05, 4.69) is 34.1 Å². The Labute approximate surface area is 95.3 Å². The molecule has 2 nitrogen and oxygen atoms in total. The third kappa shape index (κ3) is 1.05. The number of para-hydroxylation sites is 1. The van der Waals surface area contributed by atoms with E-state index in [0.717, 1.165) is 0 Å². The first-order valence-electron chi connectivity index (χ1n) is 6.27. The van der Waals surface area contributed by atoms with Crippen molar-refractivity contribution in [1.82, 2.24) is 9.88 Å². The van der Waals surface area contributed by atoms with Gasteiger partial charge in [-0.15, -0.1) is 0 Å². The zero-order valence-corrected chi connectivity index (χ0v) is 9.37. The van der Waals surface area contributed by atoms with Gasteiger partial charge in [-0.3, -0.25) is 4.90 Å². The van der Waals surface area contributed by atoms with Crippen LogP contribution in [0.3, 0.4) is 0 Å². The molecule has 1 N–H and O–H groups in total. The molecule has 16 heavy (non-hydrogen) atoms. The van der Waals surface area contributed by atoms with Crippen LogP contribution in [-0.4, -0.2) is 23.0 Å². The molecule has 3 heterocycles. The van der Waals surface area contributed by atoms with E-state index < -0.39 is 0 Å². The number of benzene rings is 1. The lowest BCUT2D eigenvalue weighted by Crippen LogP contribution is -2.30. The van der Waals surface area contributed by atoms with Gasteiger partial charge in [-0.25, -0.2) is 0 Å². The maximum absolute atomic E-state index is 3.65. The minimum absolute atomic E-state index is 0.677. The van der Waals surface area contributed by atoms with Crippen molar-refractivity contribution in [3.8, 4) is 0 Å². The summed E-state index contributed by atoms with van der Waals surface area (Å²) in [5.74, 6) is 0. The molecule has 2 aromatic rings. The van der Waals surface area contributed by atoms with Crippen LogP contribution in [0.15, 0.2) is 24.3 Å². The van der Waals surface area contributed by atoms with Gasteiger partial charge < -0.3 is 4.98 Å². The zero-order valence-electron chi connectivity index (χ0n) is 9.37. The smallest absolute Gasteiger partial charge is 0.0502 e. The molecule has 1 atom stereocenters. The minimum Gasteiger partial charge on any atom is -0.357 e. The molecule has 4 rings (SSSR count). The molecule has 0 saturated carbocycles. The topological polar surface area (TPSA) is 19.0 Å². The van der Waals surface area contributed by atoms with Gasteiger partial charge in [0.2, 0.25) is 0 Å². The Balaban J connectivity index is 1.96. The monoisotopic (exact) mass is 212 g/mol. The normalized spacial score (nSPS) is 24.6. The third-order valence-corrected chi connectivity index (χ3v) is 4.19. The molecule has 0 aliphatic carbocycles. The van der Waals surface area contributed by atoms with Crippen LogP contribution in [0.2, 0.25) is 0 Å². The first kappa shape index (κ1) is 8.82. The predicted molar refractivity (Wildman–Crippen MR) is 65.6 cm³/mol. The first-order valence-corrected chi connectivity index (χ1v) is 6.27. The van der Waals surface area contributed by atoms with E-state index in [1.165, 1.54) is 48.9 Å². The molecule has 2 aliphatic rings. The minimum atomic E-state index is 0.677. The fourth-order valence-electron chi connectivity index (χ4n) is 3.45. The van der Waals surface area contributed by atoms with Crippen molar-refractivity contribution in [2.75, 3.05) is 13.1 Å². The maximum atomic E-state index is 3.65. The van der Waals surface area contributed by atoms with E-state index >= 15 is 0 Å². The van der Waals surface area contributed by atoms with E-state index in [0.29, 0.717) is 6.04 Å². The SMILES string of the molecule is c1ccc2c3c([nH]c2c1)[C@@H]1CCCN1CC3. The number of aromatic amines is 1. The number of aromatic nitrogens is 1. The number of hydrogen-bond acceptors (Lipinski definition) is 1. The largest absolute Gasteiger partial charge is 0.357 e. The Morgan fingerprint density at radius 2 is 2.12 bits per heavy atom. The Bertz CT molecular complexity index is 541. The lowest BCUT2D eigenvalue weighted by molar-refractivity contribution is 0.241. The Kier molecular flexibility index (Phi) is 1.71. The number of nitrogens with zero attached hydrogens (tertiary/aromatic N) is 1. The van der Waals surface area contributed by atoms with Crippen molar-refractivity contribution >= 4 is 10.9 Å². The molecule has 0 unspecified atom stereocenters. The lowest BCUT2D eigenvalue weighted by Gasteiger charge is -2.29. The molecule has 1 fully saturated rings. The summed E-state index contributed by atoms with van der Waals surface area (Å²) in [5, 5.41) is 1.45. The van der Waals surface area contributed by atoms with E-state index in [1.807, 2.05) is 0 Å². The van der Waals surface area contributed by atoms with Crippen LogP contribution < -0.4 is 0 Å². The summed E-state index contributed by atoms with van der Waals surface area (Å²) < 4.78 is 0. The van der Waals surface area contributed by atoms with Crippen LogP contribution in [0.1, 0.15) is 30.1 Å². The molecule has 2 heteroatoms. The van der Waals surface area contributed by atoms with Gasteiger partial charge in [0.05, 0.1) is 6.04 Å². The van der Waals surface area contributed by atoms with E-state index in [-0.39, 0.29) is 0 Å². The van der Waals surface area contributed by atoms with E-state index in [4.69, 9.17) is 0 Å². The van der Waals surface area contributed by atoms with Crippen LogP contribution in [0, 0.1) is 0 Å². The van der Waals surface area contributed by atoms with Crippen molar-refractivity contribution in [2.45, 2.75) is 25.3 Å². The van der Waals surface area contributed by atoms with Gasteiger partial charge in [-0.1, -0.05) is 18.2 Å². The average molecular weight is 212 g/mol. The summed E-state index contributed by atoms with van der Waals surface area (Å²) in [7, 11) is 0. The number of nitrogens with one attached hydrogen (secondary N) is 1. The molecule has 82 valence electrons. The molecular formula is C14H16N2. The highest BCUT2D eigenvalue weighted by Gasteiger charge is 2.33. The van der Waals surface area contributed by atoms with Crippen LogP contribution in [0.4, 0.5) is 0 Å². The number of fused-ring (bicyclic) bond motifs is 5. The maximum Gasteiger partial charge on any atom is 0.0502 e. The van der Waals surface area contributed by atoms with Crippen molar-refractivity contribution < 1.29 is 0 Å². The van der Waals surface area contributed by atoms with Gasteiger partial charge in [0.25, 0.3) is 0 Å². The van der Waals surface area contributed by atoms with Gasteiger partial charge in [0, 0.05) is 23.1 Å². The van der Waals surface area contributed by atoms with Crippen molar-refractivity contribution in [1.29, 1.82) is 0 Å². The van der Waals surface area contributed by atoms with Crippen molar-refractivity contribution in [3.05, 3.63) is 35.5 Å². The highest BCUT2D eigenvalue weighted by Crippen LogP contribution is 2.39. The fraction of sp³-hybridized carbons (Fsp3) is 0.429. The van der Waals surface area contributed by atoms with Crippen LogP contribution in [-0.2, 0) is 6.42 Å². The standard InChI is InChI=1S/C14H16N2/c1-2-5-12-10(4-1)11-7-9-16-8-3-6-13(16)14(11)15-12/h1-2,4-5,13,15H,3,6-9H2/t13-/m0/s1. The first-order chi connectivity index (χ1) is 7.93. The second kappa shape index (κ2) is 3.11. The third-order valence-electron chi connectivity index (χ3n) is 4.19. The number of H-pyrrole nitrogens is 1. The molecule has 1 aromatic heterocycles. The summed E-state index contributed by atoms with van der Waals surface area (Å²) in [5.41, 5.74) is 4.41. The van der Waals surface area contributed by atoms with Gasteiger partial charge in [0.1, 0.15) is 0 Å². The van der Waals surface area contributed by atoms with E-state index in [9.17, 15) is 0 Å². The Morgan fingerprint density at radius 1 is 1.19 bits per heavy atom. The lowest BCUT2D eigenvalue weighted by atomic mass is 9.98. The van der Waals surface area contributed by atoms with Gasteiger partial charge >= 0.3 is 0 Å². The molecule has 1 saturated heterocycles. The van der Waals surface area contributed by atoms with Crippen molar-refractivity contribution in [2.24, 2.45) is 0 Å². The van der Waals surface area contributed by atoms with E-state index in [1.54, 1.807) is 5.56 Å².